The Bertz CT molecular complexity index is 586. The number of likely N-dealkylation sites (tertiary alicyclic amines) is 1. The smallest absolute Gasteiger partial charge is 0.237 e. The minimum atomic E-state index is -0.457. The van der Waals surface area contributed by atoms with Crippen molar-refractivity contribution in [1.29, 1.82) is 0 Å². The maximum atomic E-state index is 12.6. The molecule has 1 aromatic rings. The van der Waals surface area contributed by atoms with Crippen LogP contribution in [0.15, 0.2) is 48.1 Å². The van der Waals surface area contributed by atoms with Gasteiger partial charge in [0.15, 0.2) is 0 Å². The molecule has 1 aliphatic carbocycles. The zero-order chi connectivity index (χ0) is 14.2. The van der Waals surface area contributed by atoms with Gasteiger partial charge in [0.2, 0.25) is 5.91 Å². The van der Waals surface area contributed by atoms with E-state index in [1.807, 2.05) is 36.2 Å². The van der Waals surface area contributed by atoms with Crippen LogP contribution in [0.25, 0.3) is 0 Å². The highest BCUT2D eigenvalue weighted by atomic mass is 16.5. The molecule has 3 heteroatoms. The summed E-state index contributed by atoms with van der Waals surface area (Å²) in [7, 11) is 3.54. The van der Waals surface area contributed by atoms with E-state index < -0.39 is 5.41 Å². The Morgan fingerprint density at radius 1 is 1.30 bits per heavy atom. The summed E-state index contributed by atoms with van der Waals surface area (Å²) in [5.41, 5.74) is 1.94. The summed E-state index contributed by atoms with van der Waals surface area (Å²) in [5, 5.41) is 0. The minimum Gasteiger partial charge on any atom is -0.497 e. The number of allylic oxidation sites excluding steroid dienone is 2. The molecule has 1 heterocycles. The van der Waals surface area contributed by atoms with Gasteiger partial charge in [-0.2, -0.15) is 0 Å². The number of nitrogens with zero attached hydrogens (tertiary/aromatic N) is 1. The fourth-order valence-electron chi connectivity index (χ4n) is 3.16. The zero-order valence-corrected chi connectivity index (χ0v) is 11.9. The van der Waals surface area contributed by atoms with Gasteiger partial charge in [0.05, 0.1) is 12.5 Å². The van der Waals surface area contributed by atoms with Crippen molar-refractivity contribution in [1.82, 2.24) is 4.90 Å². The number of rotatable bonds is 3. The summed E-state index contributed by atoms with van der Waals surface area (Å²) >= 11 is 0. The molecular formula is C17H19NO2. The van der Waals surface area contributed by atoms with Gasteiger partial charge in [-0.05, 0) is 36.1 Å². The van der Waals surface area contributed by atoms with Gasteiger partial charge in [-0.25, -0.2) is 0 Å². The van der Waals surface area contributed by atoms with E-state index in [9.17, 15) is 4.79 Å². The quantitative estimate of drug-likeness (QED) is 0.789. The van der Waals surface area contributed by atoms with Crippen molar-refractivity contribution in [2.45, 2.75) is 12.8 Å². The van der Waals surface area contributed by atoms with Gasteiger partial charge in [-0.3, -0.25) is 4.79 Å². The number of methoxy groups -OCH3 is 1. The average Bonchev–Trinajstić information content (AvgIpc) is 2.72. The van der Waals surface area contributed by atoms with Gasteiger partial charge in [-0.1, -0.05) is 30.4 Å². The fourth-order valence-corrected chi connectivity index (χ4v) is 3.16. The van der Waals surface area contributed by atoms with E-state index >= 15 is 0 Å². The van der Waals surface area contributed by atoms with Crippen LogP contribution in [0.1, 0.15) is 12.0 Å². The van der Waals surface area contributed by atoms with E-state index in [0.717, 1.165) is 30.7 Å². The van der Waals surface area contributed by atoms with Gasteiger partial charge in [0.25, 0.3) is 0 Å². The molecule has 1 saturated heterocycles. The zero-order valence-electron chi connectivity index (χ0n) is 11.9. The molecule has 1 fully saturated rings. The number of hydrogen-bond donors (Lipinski definition) is 0. The molecule has 0 radical (unpaired) electrons. The van der Waals surface area contributed by atoms with Crippen molar-refractivity contribution in [3.05, 3.63) is 53.6 Å². The molecule has 1 amide bonds. The highest BCUT2D eigenvalue weighted by Gasteiger charge is 2.47. The SMILES string of the molecule is COc1ccc(CC23C=CCC=C2CN(C)C3=O)cc1. The predicted molar refractivity (Wildman–Crippen MR) is 78.6 cm³/mol. The Morgan fingerprint density at radius 2 is 2.05 bits per heavy atom. The van der Waals surface area contributed by atoms with Crippen molar-refractivity contribution >= 4 is 5.91 Å². The summed E-state index contributed by atoms with van der Waals surface area (Å²) in [6.45, 7) is 0.749. The Morgan fingerprint density at radius 3 is 2.75 bits per heavy atom. The number of fused-ring (bicyclic) bond motifs is 1. The molecule has 1 atom stereocenters. The summed E-state index contributed by atoms with van der Waals surface area (Å²) in [4.78, 5) is 14.4. The topological polar surface area (TPSA) is 29.5 Å². The largest absolute Gasteiger partial charge is 0.497 e. The molecule has 0 N–H and O–H groups in total. The fraction of sp³-hybridized carbons (Fsp3) is 0.353. The van der Waals surface area contributed by atoms with Crippen LogP contribution in [0.2, 0.25) is 0 Å². The van der Waals surface area contributed by atoms with Crippen LogP contribution in [0, 0.1) is 5.41 Å². The number of likely N-dealkylation sites (N-methyl/N-ethyl adjacent to an activating group) is 1. The summed E-state index contributed by atoms with van der Waals surface area (Å²) in [5.74, 6) is 1.05. The summed E-state index contributed by atoms with van der Waals surface area (Å²) in [6.07, 6.45) is 8.05. The highest BCUT2D eigenvalue weighted by Crippen LogP contribution is 2.43. The second-order valence-corrected chi connectivity index (χ2v) is 5.52. The van der Waals surface area contributed by atoms with Crippen LogP contribution in [0.3, 0.4) is 0 Å². The Labute approximate surface area is 119 Å². The molecule has 1 unspecified atom stereocenters. The van der Waals surface area contributed by atoms with E-state index in [0.29, 0.717) is 0 Å². The van der Waals surface area contributed by atoms with Crippen molar-refractivity contribution < 1.29 is 9.53 Å². The lowest BCUT2D eigenvalue weighted by molar-refractivity contribution is -0.132. The molecule has 0 aromatic heterocycles. The molecule has 0 bridgehead atoms. The monoisotopic (exact) mass is 269 g/mol. The molecule has 1 aromatic carbocycles. The van der Waals surface area contributed by atoms with Crippen LogP contribution >= 0.6 is 0 Å². The molecular weight excluding hydrogens is 250 g/mol. The molecule has 0 spiro atoms. The van der Waals surface area contributed by atoms with Crippen LogP contribution in [0.4, 0.5) is 0 Å². The molecule has 0 saturated carbocycles. The number of carbonyl (C=O) groups excluding carboxylic acids is 1. The van der Waals surface area contributed by atoms with E-state index in [2.05, 4.69) is 18.2 Å². The first kappa shape index (κ1) is 13.0. The second-order valence-electron chi connectivity index (χ2n) is 5.52. The normalized spacial score (nSPS) is 24.6. The molecule has 3 nitrogen and oxygen atoms in total. The third kappa shape index (κ3) is 1.94. The predicted octanol–water partition coefficient (Wildman–Crippen LogP) is 2.58. The first-order chi connectivity index (χ1) is 9.65. The van der Waals surface area contributed by atoms with Gasteiger partial charge >= 0.3 is 0 Å². The standard InChI is InChI=1S/C17H19NO2/c1-18-12-14-5-3-4-10-17(14,16(18)19)11-13-6-8-15(20-2)9-7-13/h4-10H,3,11-12H2,1-2H3. The van der Waals surface area contributed by atoms with E-state index in [-0.39, 0.29) is 5.91 Å². The van der Waals surface area contributed by atoms with E-state index in [1.165, 1.54) is 5.57 Å². The average molecular weight is 269 g/mol. The summed E-state index contributed by atoms with van der Waals surface area (Å²) < 4.78 is 5.18. The van der Waals surface area contributed by atoms with Crippen molar-refractivity contribution in [2.75, 3.05) is 20.7 Å². The van der Waals surface area contributed by atoms with Gasteiger partial charge < -0.3 is 9.64 Å². The lowest BCUT2D eigenvalue weighted by Crippen LogP contribution is -2.34. The minimum absolute atomic E-state index is 0.204. The Hall–Kier alpha value is -2.03. The number of benzene rings is 1. The van der Waals surface area contributed by atoms with Crippen LogP contribution in [0.5, 0.6) is 5.75 Å². The van der Waals surface area contributed by atoms with Crippen LogP contribution in [-0.2, 0) is 11.2 Å². The second kappa shape index (κ2) is 4.82. The maximum Gasteiger partial charge on any atom is 0.237 e. The Balaban J connectivity index is 1.93. The number of ether oxygens (including phenoxy) is 1. The number of amides is 1. The molecule has 20 heavy (non-hydrogen) atoms. The lowest BCUT2D eigenvalue weighted by atomic mass is 9.74. The van der Waals surface area contributed by atoms with Gasteiger partial charge in [0, 0.05) is 13.6 Å². The molecule has 2 aliphatic rings. The Kier molecular flexibility index (Phi) is 3.13. The molecule has 3 rings (SSSR count). The highest BCUT2D eigenvalue weighted by molar-refractivity contribution is 5.92. The van der Waals surface area contributed by atoms with E-state index in [1.54, 1.807) is 7.11 Å². The van der Waals surface area contributed by atoms with Crippen molar-refractivity contribution in [3.63, 3.8) is 0 Å². The lowest BCUT2D eigenvalue weighted by Gasteiger charge is -2.27. The third-order valence-electron chi connectivity index (χ3n) is 4.25. The van der Waals surface area contributed by atoms with Crippen molar-refractivity contribution in [3.8, 4) is 5.75 Å². The van der Waals surface area contributed by atoms with E-state index in [4.69, 9.17) is 4.74 Å². The van der Waals surface area contributed by atoms with Crippen LogP contribution < -0.4 is 4.74 Å². The maximum absolute atomic E-state index is 12.6. The van der Waals surface area contributed by atoms with Crippen molar-refractivity contribution in [2.24, 2.45) is 5.41 Å². The van der Waals surface area contributed by atoms with Crippen LogP contribution in [-0.4, -0.2) is 31.5 Å². The number of hydrogen-bond acceptors (Lipinski definition) is 2. The first-order valence-electron chi connectivity index (χ1n) is 6.91. The summed E-state index contributed by atoms with van der Waals surface area (Å²) in [6, 6.07) is 7.98. The van der Waals surface area contributed by atoms with Gasteiger partial charge in [0.1, 0.15) is 5.75 Å². The van der Waals surface area contributed by atoms with Gasteiger partial charge in [-0.15, -0.1) is 0 Å². The molecule has 1 aliphatic heterocycles. The third-order valence-corrected chi connectivity index (χ3v) is 4.25. The first-order valence-corrected chi connectivity index (χ1v) is 6.91. The number of carbonyl (C=O) groups is 1. The molecule has 104 valence electrons.